The van der Waals surface area contributed by atoms with Crippen LogP contribution in [0.3, 0.4) is 0 Å². The monoisotopic (exact) mass is 383 g/mol. The van der Waals surface area contributed by atoms with Crippen LogP contribution in [0.25, 0.3) is 0 Å². The summed E-state index contributed by atoms with van der Waals surface area (Å²) in [7, 11) is 3.97. The Morgan fingerprint density at radius 1 is 1.18 bits per heavy atom. The van der Waals surface area contributed by atoms with Gasteiger partial charge in [0, 0.05) is 51.5 Å². The molecule has 0 N–H and O–H groups in total. The third-order valence-electron chi connectivity index (χ3n) is 4.56. The second-order valence-electron chi connectivity index (χ2n) is 7.11. The summed E-state index contributed by atoms with van der Waals surface area (Å²) in [5.74, 6) is 1.13. The molecule has 0 saturated carbocycles. The van der Waals surface area contributed by atoms with Gasteiger partial charge in [0.1, 0.15) is 6.61 Å². The number of pyridine rings is 1. The van der Waals surface area contributed by atoms with E-state index in [1.807, 2.05) is 37.2 Å². The van der Waals surface area contributed by atoms with E-state index in [0.29, 0.717) is 24.8 Å². The summed E-state index contributed by atoms with van der Waals surface area (Å²) in [5, 5.41) is 8.63. The van der Waals surface area contributed by atoms with Gasteiger partial charge in [-0.3, -0.25) is 4.90 Å². The first-order chi connectivity index (χ1) is 13.6. The van der Waals surface area contributed by atoms with Gasteiger partial charge < -0.3 is 14.4 Å². The van der Waals surface area contributed by atoms with Gasteiger partial charge in [0.2, 0.25) is 5.88 Å². The van der Waals surface area contributed by atoms with Gasteiger partial charge in [-0.1, -0.05) is 29.8 Å². The lowest BCUT2D eigenvalue weighted by molar-refractivity contribution is 0.0320. The fourth-order valence-electron chi connectivity index (χ4n) is 2.97. The Balaban J connectivity index is 1.62. The summed E-state index contributed by atoms with van der Waals surface area (Å²) >= 11 is 0. The van der Waals surface area contributed by atoms with E-state index in [2.05, 4.69) is 45.2 Å². The molecule has 1 saturated heterocycles. The summed E-state index contributed by atoms with van der Waals surface area (Å²) in [6.07, 6.45) is 0. The summed E-state index contributed by atoms with van der Waals surface area (Å²) in [6.45, 7) is 7.54. The van der Waals surface area contributed by atoms with Gasteiger partial charge in [0.25, 0.3) is 0 Å². The van der Waals surface area contributed by atoms with Gasteiger partial charge in [0.15, 0.2) is 5.82 Å². The molecule has 1 aliphatic rings. The minimum absolute atomic E-state index is 0.531. The second-order valence-corrected chi connectivity index (χ2v) is 7.11. The van der Waals surface area contributed by atoms with Crippen LogP contribution in [0.4, 0.5) is 11.5 Å². The SMILES string of the molecule is Cc1cccc(CN=Nc2cc(N(C)C)cc(OCCN3CCOCC3)n2)c1. The van der Waals surface area contributed by atoms with Crippen molar-refractivity contribution < 1.29 is 9.47 Å². The lowest BCUT2D eigenvalue weighted by Crippen LogP contribution is -2.38. The standard InChI is InChI=1S/C21H29N5O2/c1-17-5-4-6-18(13-17)16-22-24-20-14-19(25(2)3)15-21(23-20)28-12-9-26-7-10-27-11-8-26/h4-6,13-15H,7-12,16H2,1-3H3. The van der Waals surface area contributed by atoms with E-state index in [0.717, 1.165) is 44.1 Å². The number of ether oxygens (including phenoxy) is 2. The molecule has 7 heteroatoms. The van der Waals surface area contributed by atoms with Crippen LogP contribution in [0.5, 0.6) is 5.88 Å². The molecule has 1 fully saturated rings. The smallest absolute Gasteiger partial charge is 0.217 e. The fraction of sp³-hybridized carbons (Fsp3) is 0.476. The lowest BCUT2D eigenvalue weighted by Gasteiger charge is -2.26. The minimum Gasteiger partial charge on any atom is -0.476 e. The number of nitrogens with zero attached hydrogens (tertiary/aromatic N) is 5. The molecule has 2 aromatic rings. The average Bonchev–Trinajstić information content (AvgIpc) is 2.69. The van der Waals surface area contributed by atoms with Crippen molar-refractivity contribution in [3.8, 4) is 5.88 Å². The molecule has 1 aromatic carbocycles. The third kappa shape index (κ3) is 6.28. The Bertz CT molecular complexity index is 788. The molecule has 0 aliphatic carbocycles. The highest BCUT2D eigenvalue weighted by atomic mass is 16.5. The maximum absolute atomic E-state index is 5.90. The van der Waals surface area contributed by atoms with E-state index in [1.165, 1.54) is 5.56 Å². The van der Waals surface area contributed by atoms with Crippen molar-refractivity contribution in [1.29, 1.82) is 0 Å². The first kappa shape index (κ1) is 20.2. The van der Waals surface area contributed by atoms with Gasteiger partial charge in [-0.25, -0.2) is 0 Å². The number of aromatic nitrogens is 1. The second kappa shape index (κ2) is 10.1. The first-order valence-electron chi connectivity index (χ1n) is 9.65. The van der Waals surface area contributed by atoms with E-state index in [4.69, 9.17) is 9.47 Å². The third-order valence-corrected chi connectivity index (χ3v) is 4.56. The molecule has 3 rings (SSSR count). The number of hydrogen-bond donors (Lipinski definition) is 0. The normalized spacial score (nSPS) is 15.1. The Morgan fingerprint density at radius 3 is 2.75 bits per heavy atom. The number of benzene rings is 1. The Hall–Kier alpha value is -2.51. The van der Waals surface area contributed by atoms with Crippen LogP contribution in [0.2, 0.25) is 0 Å². The predicted octanol–water partition coefficient (Wildman–Crippen LogP) is 3.45. The highest BCUT2D eigenvalue weighted by molar-refractivity contribution is 5.53. The van der Waals surface area contributed by atoms with Crippen molar-refractivity contribution in [2.45, 2.75) is 13.5 Å². The number of anilines is 1. The van der Waals surface area contributed by atoms with Crippen molar-refractivity contribution >= 4 is 11.5 Å². The molecule has 2 heterocycles. The highest BCUT2D eigenvalue weighted by Crippen LogP contribution is 2.24. The number of morpholine rings is 1. The Labute approximate surface area is 167 Å². The Morgan fingerprint density at radius 2 is 2.00 bits per heavy atom. The molecular formula is C21H29N5O2. The molecule has 0 spiro atoms. The number of azo groups is 1. The largest absolute Gasteiger partial charge is 0.476 e. The van der Waals surface area contributed by atoms with E-state index in [1.54, 1.807) is 0 Å². The zero-order valence-corrected chi connectivity index (χ0v) is 17.0. The quantitative estimate of drug-likeness (QED) is 0.654. The Kier molecular flexibility index (Phi) is 7.33. The van der Waals surface area contributed by atoms with Crippen LogP contribution in [-0.4, -0.2) is 63.4 Å². The summed E-state index contributed by atoms with van der Waals surface area (Å²) < 4.78 is 11.3. The minimum atomic E-state index is 0.531. The molecule has 7 nitrogen and oxygen atoms in total. The van der Waals surface area contributed by atoms with Gasteiger partial charge in [-0.2, -0.15) is 10.1 Å². The van der Waals surface area contributed by atoms with Crippen LogP contribution >= 0.6 is 0 Å². The maximum atomic E-state index is 5.90. The van der Waals surface area contributed by atoms with Gasteiger partial charge in [-0.15, -0.1) is 5.11 Å². The topological polar surface area (TPSA) is 62.5 Å². The van der Waals surface area contributed by atoms with E-state index >= 15 is 0 Å². The van der Waals surface area contributed by atoms with Gasteiger partial charge >= 0.3 is 0 Å². The molecule has 1 aromatic heterocycles. The predicted molar refractivity (Wildman–Crippen MR) is 111 cm³/mol. The van der Waals surface area contributed by atoms with Crippen LogP contribution in [0, 0.1) is 6.92 Å². The molecule has 0 radical (unpaired) electrons. The molecule has 1 aliphatic heterocycles. The maximum Gasteiger partial charge on any atom is 0.217 e. The van der Waals surface area contributed by atoms with Crippen molar-refractivity contribution in [1.82, 2.24) is 9.88 Å². The van der Waals surface area contributed by atoms with Gasteiger partial charge in [-0.05, 0) is 12.5 Å². The molecular weight excluding hydrogens is 354 g/mol. The van der Waals surface area contributed by atoms with Crippen molar-refractivity contribution in [2.75, 3.05) is 58.5 Å². The zero-order valence-electron chi connectivity index (χ0n) is 17.0. The van der Waals surface area contributed by atoms with E-state index in [9.17, 15) is 0 Å². The first-order valence-corrected chi connectivity index (χ1v) is 9.65. The van der Waals surface area contributed by atoms with E-state index < -0.39 is 0 Å². The molecule has 0 bridgehead atoms. The molecule has 150 valence electrons. The van der Waals surface area contributed by atoms with Crippen molar-refractivity contribution in [3.63, 3.8) is 0 Å². The number of aryl methyl sites for hydroxylation is 1. The zero-order chi connectivity index (χ0) is 19.8. The molecule has 0 atom stereocenters. The molecule has 0 amide bonds. The summed E-state index contributed by atoms with van der Waals surface area (Å²) in [5.41, 5.74) is 3.34. The fourth-order valence-corrected chi connectivity index (χ4v) is 2.97. The molecule has 0 unspecified atom stereocenters. The molecule has 28 heavy (non-hydrogen) atoms. The van der Waals surface area contributed by atoms with Crippen molar-refractivity contribution in [3.05, 3.63) is 47.5 Å². The lowest BCUT2D eigenvalue weighted by atomic mass is 10.1. The average molecular weight is 383 g/mol. The number of rotatable bonds is 8. The van der Waals surface area contributed by atoms with Crippen LogP contribution in [-0.2, 0) is 11.3 Å². The van der Waals surface area contributed by atoms with Gasteiger partial charge in [0.05, 0.1) is 19.8 Å². The highest BCUT2D eigenvalue weighted by Gasteiger charge is 2.11. The van der Waals surface area contributed by atoms with Crippen LogP contribution < -0.4 is 9.64 Å². The number of hydrogen-bond acceptors (Lipinski definition) is 7. The van der Waals surface area contributed by atoms with Crippen LogP contribution in [0.1, 0.15) is 11.1 Å². The van der Waals surface area contributed by atoms with Crippen molar-refractivity contribution in [2.24, 2.45) is 10.2 Å². The van der Waals surface area contributed by atoms with E-state index in [-0.39, 0.29) is 0 Å². The summed E-state index contributed by atoms with van der Waals surface area (Å²) in [4.78, 5) is 8.84. The van der Waals surface area contributed by atoms with Crippen LogP contribution in [0.15, 0.2) is 46.6 Å². The summed E-state index contributed by atoms with van der Waals surface area (Å²) in [6, 6.07) is 12.1.